The van der Waals surface area contributed by atoms with Crippen LogP contribution in [0.4, 0.5) is 0 Å². The standard InChI is InChI=1S/C10H17NO.CH5N.CH4/c12-7-10-5-8-3-1-2-4-9(8)6-11-10;1-2;/h7-11H,1-6H2;2H2,1H3;1H4. The van der Waals surface area contributed by atoms with E-state index < -0.39 is 0 Å². The second kappa shape index (κ2) is 7.83. The molecule has 0 aromatic heterocycles. The van der Waals surface area contributed by atoms with E-state index in [0.717, 1.165) is 31.1 Å². The molecule has 1 saturated carbocycles. The SMILES string of the molecule is C.CN.O=CC1CC2CCCCC2CN1. The van der Waals surface area contributed by atoms with E-state index in [1.165, 1.54) is 32.7 Å². The van der Waals surface area contributed by atoms with Gasteiger partial charge in [0.05, 0.1) is 6.04 Å². The highest BCUT2D eigenvalue weighted by atomic mass is 16.1. The van der Waals surface area contributed by atoms with Crippen LogP contribution < -0.4 is 11.1 Å². The van der Waals surface area contributed by atoms with E-state index in [2.05, 4.69) is 11.1 Å². The zero-order valence-electron chi connectivity index (χ0n) is 9.04. The van der Waals surface area contributed by atoms with Gasteiger partial charge in [-0.2, -0.15) is 0 Å². The first-order valence-electron chi connectivity index (χ1n) is 5.66. The number of carbonyl (C=O) groups excluding carboxylic acids is 1. The summed E-state index contributed by atoms with van der Waals surface area (Å²) < 4.78 is 0. The summed E-state index contributed by atoms with van der Waals surface area (Å²) in [5.74, 6) is 1.71. The number of aldehydes is 1. The zero-order valence-corrected chi connectivity index (χ0v) is 9.04. The van der Waals surface area contributed by atoms with Gasteiger partial charge in [-0.1, -0.05) is 26.7 Å². The lowest BCUT2D eigenvalue weighted by Gasteiger charge is -2.38. The van der Waals surface area contributed by atoms with Crippen molar-refractivity contribution in [3.05, 3.63) is 0 Å². The fourth-order valence-electron chi connectivity index (χ4n) is 2.68. The van der Waals surface area contributed by atoms with E-state index in [0.29, 0.717) is 0 Å². The third-order valence-electron chi connectivity index (χ3n) is 3.43. The third kappa shape index (κ3) is 3.92. The van der Waals surface area contributed by atoms with Gasteiger partial charge in [0, 0.05) is 0 Å². The smallest absolute Gasteiger partial charge is 0.136 e. The van der Waals surface area contributed by atoms with Crippen LogP contribution in [0.3, 0.4) is 0 Å². The summed E-state index contributed by atoms with van der Waals surface area (Å²) in [6, 6.07) is 0.157. The van der Waals surface area contributed by atoms with Gasteiger partial charge in [0.25, 0.3) is 0 Å². The van der Waals surface area contributed by atoms with E-state index in [1.54, 1.807) is 0 Å². The average molecular weight is 214 g/mol. The molecule has 15 heavy (non-hydrogen) atoms. The Hall–Kier alpha value is -0.410. The van der Waals surface area contributed by atoms with Gasteiger partial charge in [0.15, 0.2) is 0 Å². The molecule has 2 fully saturated rings. The van der Waals surface area contributed by atoms with Gasteiger partial charge >= 0.3 is 0 Å². The minimum Gasteiger partial charge on any atom is -0.333 e. The second-order valence-corrected chi connectivity index (χ2v) is 4.19. The summed E-state index contributed by atoms with van der Waals surface area (Å²) in [6.07, 6.45) is 7.68. The average Bonchev–Trinajstić information content (AvgIpc) is 2.31. The molecule has 1 heterocycles. The maximum atomic E-state index is 10.6. The number of nitrogens with two attached hydrogens (primary N) is 1. The summed E-state index contributed by atoms with van der Waals surface area (Å²) in [5, 5.41) is 3.30. The maximum absolute atomic E-state index is 10.6. The molecule has 1 aliphatic heterocycles. The highest BCUT2D eigenvalue weighted by Gasteiger charge is 2.31. The highest BCUT2D eigenvalue weighted by Crippen LogP contribution is 2.34. The molecular weight excluding hydrogens is 188 g/mol. The first-order chi connectivity index (χ1) is 6.90. The molecule has 0 spiro atoms. The van der Waals surface area contributed by atoms with Crippen molar-refractivity contribution < 1.29 is 4.79 Å². The largest absolute Gasteiger partial charge is 0.333 e. The van der Waals surface area contributed by atoms with Gasteiger partial charge in [-0.25, -0.2) is 0 Å². The lowest BCUT2D eigenvalue weighted by Crippen LogP contribution is -2.45. The Morgan fingerprint density at radius 3 is 2.40 bits per heavy atom. The number of piperidine rings is 1. The van der Waals surface area contributed by atoms with Gasteiger partial charge in [0.2, 0.25) is 0 Å². The molecule has 0 bridgehead atoms. The Morgan fingerprint density at radius 2 is 1.80 bits per heavy atom. The van der Waals surface area contributed by atoms with E-state index in [1.807, 2.05) is 0 Å². The van der Waals surface area contributed by atoms with Crippen molar-refractivity contribution in [2.75, 3.05) is 13.6 Å². The van der Waals surface area contributed by atoms with Gasteiger partial charge in [-0.15, -0.1) is 0 Å². The Balaban J connectivity index is 0.000000617. The van der Waals surface area contributed by atoms with Crippen LogP contribution in [0.25, 0.3) is 0 Å². The van der Waals surface area contributed by atoms with Crippen LogP contribution in [0.1, 0.15) is 39.5 Å². The molecule has 3 heteroatoms. The van der Waals surface area contributed by atoms with Crippen LogP contribution in [0, 0.1) is 11.8 Å². The van der Waals surface area contributed by atoms with Crippen molar-refractivity contribution in [3.63, 3.8) is 0 Å². The van der Waals surface area contributed by atoms with Gasteiger partial charge in [-0.3, -0.25) is 0 Å². The topological polar surface area (TPSA) is 55.1 Å². The molecule has 2 rings (SSSR count). The fourth-order valence-corrected chi connectivity index (χ4v) is 2.68. The first-order valence-corrected chi connectivity index (χ1v) is 5.66. The van der Waals surface area contributed by atoms with Crippen LogP contribution >= 0.6 is 0 Å². The number of nitrogens with one attached hydrogen (secondary N) is 1. The minimum absolute atomic E-state index is 0. The Bertz CT molecular complexity index is 173. The molecule has 0 aromatic carbocycles. The van der Waals surface area contributed by atoms with Crippen LogP contribution in [-0.4, -0.2) is 25.9 Å². The summed E-state index contributed by atoms with van der Waals surface area (Å²) in [6.45, 7) is 1.08. The molecule has 0 radical (unpaired) electrons. The predicted molar refractivity (Wildman–Crippen MR) is 64.8 cm³/mol. The van der Waals surface area contributed by atoms with Crippen molar-refractivity contribution in [1.29, 1.82) is 0 Å². The normalized spacial score (nSPS) is 33.9. The molecule has 0 amide bonds. The molecule has 90 valence electrons. The van der Waals surface area contributed by atoms with Gasteiger partial charge < -0.3 is 15.8 Å². The highest BCUT2D eigenvalue weighted by molar-refractivity contribution is 5.57. The number of hydrogen-bond donors (Lipinski definition) is 2. The zero-order chi connectivity index (χ0) is 10.4. The number of carbonyl (C=O) groups is 1. The van der Waals surface area contributed by atoms with E-state index in [9.17, 15) is 4.79 Å². The number of rotatable bonds is 1. The van der Waals surface area contributed by atoms with E-state index >= 15 is 0 Å². The van der Waals surface area contributed by atoms with Crippen molar-refractivity contribution in [3.8, 4) is 0 Å². The Morgan fingerprint density at radius 1 is 1.20 bits per heavy atom. The minimum atomic E-state index is 0. The lowest BCUT2D eigenvalue weighted by molar-refractivity contribution is -0.110. The van der Waals surface area contributed by atoms with Crippen molar-refractivity contribution in [2.45, 2.75) is 45.6 Å². The van der Waals surface area contributed by atoms with Crippen molar-refractivity contribution >= 4 is 6.29 Å². The molecule has 3 N–H and O–H groups in total. The summed E-state index contributed by atoms with van der Waals surface area (Å²) in [4.78, 5) is 10.6. The van der Waals surface area contributed by atoms with Crippen LogP contribution in [0.2, 0.25) is 0 Å². The molecule has 1 aliphatic carbocycles. The van der Waals surface area contributed by atoms with Crippen LogP contribution in [-0.2, 0) is 4.79 Å². The van der Waals surface area contributed by atoms with Crippen LogP contribution in [0.15, 0.2) is 0 Å². The molecule has 3 nitrogen and oxygen atoms in total. The monoisotopic (exact) mass is 214 g/mol. The maximum Gasteiger partial charge on any atom is 0.136 e. The van der Waals surface area contributed by atoms with E-state index in [4.69, 9.17) is 0 Å². The number of fused-ring (bicyclic) bond motifs is 1. The summed E-state index contributed by atoms with van der Waals surface area (Å²) in [5.41, 5.74) is 4.50. The summed E-state index contributed by atoms with van der Waals surface area (Å²) >= 11 is 0. The lowest BCUT2D eigenvalue weighted by atomic mass is 9.74. The molecule has 3 unspecified atom stereocenters. The van der Waals surface area contributed by atoms with Crippen LogP contribution in [0.5, 0.6) is 0 Å². The Labute approximate surface area is 93.8 Å². The second-order valence-electron chi connectivity index (χ2n) is 4.19. The molecule has 0 aromatic rings. The predicted octanol–water partition coefficient (Wildman–Crippen LogP) is 1.56. The van der Waals surface area contributed by atoms with Crippen molar-refractivity contribution in [1.82, 2.24) is 5.32 Å². The van der Waals surface area contributed by atoms with Crippen molar-refractivity contribution in [2.24, 2.45) is 17.6 Å². The molecule has 1 saturated heterocycles. The Kier molecular flexibility index (Phi) is 7.61. The molecule has 2 aliphatic rings. The van der Waals surface area contributed by atoms with E-state index in [-0.39, 0.29) is 13.5 Å². The first kappa shape index (κ1) is 14.6. The van der Waals surface area contributed by atoms with Gasteiger partial charge in [-0.05, 0) is 38.3 Å². The fraction of sp³-hybridized carbons (Fsp3) is 0.917. The summed E-state index contributed by atoms with van der Waals surface area (Å²) in [7, 11) is 1.50. The van der Waals surface area contributed by atoms with Gasteiger partial charge in [0.1, 0.15) is 6.29 Å². The molecule has 3 atom stereocenters. The number of hydrogen-bond acceptors (Lipinski definition) is 3. The molecular formula is C12H26N2O. The quantitative estimate of drug-likeness (QED) is 0.651. The third-order valence-corrected chi connectivity index (χ3v) is 3.43.